The average Bonchev–Trinajstić information content (AvgIpc) is 2.14. The van der Waals surface area contributed by atoms with E-state index in [1.54, 1.807) is 0 Å². The number of aliphatic carboxylic acids is 1. The number of amides is 1. The van der Waals surface area contributed by atoms with Gasteiger partial charge in [-0.15, -0.1) is 0 Å². The molecule has 0 aromatic rings. The number of rotatable bonds is 6. The molecule has 0 aliphatic carbocycles. The summed E-state index contributed by atoms with van der Waals surface area (Å²) in [5.41, 5.74) is 0. The molecular formula is C9H14F3NO3. The predicted octanol–water partition coefficient (Wildman–Crippen LogP) is 1.70. The van der Waals surface area contributed by atoms with Crippen molar-refractivity contribution in [1.29, 1.82) is 0 Å². The van der Waals surface area contributed by atoms with E-state index in [0.717, 1.165) is 6.42 Å². The molecule has 1 amide bonds. The average molecular weight is 241 g/mol. The van der Waals surface area contributed by atoms with Crippen molar-refractivity contribution in [2.45, 2.75) is 44.8 Å². The van der Waals surface area contributed by atoms with Crippen LogP contribution in [0.5, 0.6) is 0 Å². The van der Waals surface area contributed by atoms with Crippen LogP contribution in [-0.2, 0) is 9.59 Å². The molecule has 4 nitrogen and oxygen atoms in total. The summed E-state index contributed by atoms with van der Waals surface area (Å²) < 4.78 is 35.6. The smallest absolute Gasteiger partial charge is 0.471 e. The molecule has 0 heterocycles. The van der Waals surface area contributed by atoms with Crippen LogP contribution in [0.25, 0.3) is 0 Å². The van der Waals surface area contributed by atoms with E-state index in [1.165, 1.54) is 5.32 Å². The molecule has 0 aromatic carbocycles. The van der Waals surface area contributed by atoms with Crippen LogP contribution in [0.3, 0.4) is 0 Å². The number of hydrogen-bond donors (Lipinski definition) is 2. The van der Waals surface area contributed by atoms with E-state index in [4.69, 9.17) is 5.11 Å². The number of unbranched alkanes of at least 4 members (excludes halogenated alkanes) is 2. The Labute approximate surface area is 90.8 Å². The monoisotopic (exact) mass is 241 g/mol. The topological polar surface area (TPSA) is 66.4 Å². The number of hydrogen-bond acceptors (Lipinski definition) is 2. The highest BCUT2D eigenvalue weighted by atomic mass is 19.4. The van der Waals surface area contributed by atoms with Gasteiger partial charge in [-0.1, -0.05) is 26.2 Å². The Hall–Kier alpha value is -1.27. The van der Waals surface area contributed by atoms with Crippen LogP contribution in [0.2, 0.25) is 0 Å². The summed E-state index contributed by atoms with van der Waals surface area (Å²) in [5, 5.41) is 10.1. The van der Waals surface area contributed by atoms with E-state index in [9.17, 15) is 22.8 Å². The highest BCUT2D eigenvalue weighted by Gasteiger charge is 2.40. The van der Waals surface area contributed by atoms with Crippen molar-refractivity contribution >= 4 is 11.9 Å². The lowest BCUT2D eigenvalue weighted by Crippen LogP contribution is -2.46. The number of halogens is 3. The summed E-state index contributed by atoms with van der Waals surface area (Å²) in [6, 6.07) is -1.47. The quantitative estimate of drug-likeness (QED) is 0.695. The van der Waals surface area contributed by atoms with Crippen molar-refractivity contribution in [3.05, 3.63) is 0 Å². The minimum Gasteiger partial charge on any atom is -0.480 e. The summed E-state index contributed by atoms with van der Waals surface area (Å²) >= 11 is 0. The van der Waals surface area contributed by atoms with Crippen LogP contribution in [0.15, 0.2) is 0 Å². The first-order valence-electron chi connectivity index (χ1n) is 4.89. The summed E-state index contributed by atoms with van der Waals surface area (Å²) in [4.78, 5) is 21.1. The van der Waals surface area contributed by atoms with E-state index in [1.807, 2.05) is 6.92 Å². The van der Waals surface area contributed by atoms with E-state index >= 15 is 0 Å². The summed E-state index contributed by atoms with van der Waals surface area (Å²) in [6.07, 6.45) is -3.04. The lowest BCUT2D eigenvalue weighted by Gasteiger charge is -2.15. The molecule has 1 unspecified atom stereocenters. The Morgan fingerprint density at radius 1 is 1.31 bits per heavy atom. The zero-order valence-corrected chi connectivity index (χ0v) is 8.80. The molecule has 0 spiro atoms. The summed E-state index contributed by atoms with van der Waals surface area (Å²) in [6.45, 7) is 1.88. The van der Waals surface area contributed by atoms with Gasteiger partial charge in [-0.25, -0.2) is 4.79 Å². The molecule has 0 fully saturated rings. The third-order valence-electron chi connectivity index (χ3n) is 1.96. The molecule has 0 rings (SSSR count). The van der Waals surface area contributed by atoms with Crippen LogP contribution < -0.4 is 5.32 Å². The molecule has 94 valence electrons. The van der Waals surface area contributed by atoms with Crippen molar-refractivity contribution in [1.82, 2.24) is 5.32 Å². The van der Waals surface area contributed by atoms with Gasteiger partial charge in [0, 0.05) is 0 Å². The number of carbonyl (C=O) groups excluding carboxylic acids is 1. The molecule has 0 aliphatic heterocycles. The van der Waals surface area contributed by atoms with Crippen molar-refractivity contribution in [2.75, 3.05) is 0 Å². The van der Waals surface area contributed by atoms with Gasteiger partial charge in [0.25, 0.3) is 0 Å². The summed E-state index contributed by atoms with van der Waals surface area (Å²) in [5.74, 6) is -3.66. The second-order valence-electron chi connectivity index (χ2n) is 3.36. The molecule has 16 heavy (non-hydrogen) atoms. The fraction of sp³-hybridized carbons (Fsp3) is 0.778. The fourth-order valence-corrected chi connectivity index (χ4v) is 1.10. The Morgan fingerprint density at radius 2 is 1.88 bits per heavy atom. The largest absolute Gasteiger partial charge is 0.480 e. The highest BCUT2D eigenvalue weighted by molar-refractivity contribution is 5.86. The normalized spacial score (nSPS) is 13.2. The molecule has 0 saturated carbocycles. The van der Waals surface area contributed by atoms with Crippen molar-refractivity contribution < 1.29 is 27.9 Å². The van der Waals surface area contributed by atoms with Crippen molar-refractivity contribution in [3.8, 4) is 0 Å². The molecule has 7 heteroatoms. The molecule has 2 N–H and O–H groups in total. The highest BCUT2D eigenvalue weighted by Crippen LogP contribution is 2.15. The Kier molecular flexibility index (Phi) is 5.84. The molecule has 0 saturated heterocycles. The number of carboxylic acid groups (broad SMARTS) is 1. The minimum absolute atomic E-state index is 0.00495. The van der Waals surface area contributed by atoms with Gasteiger partial charge in [0.15, 0.2) is 0 Å². The Morgan fingerprint density at radius 3 is 2.25 bits per heavy atom. The maximum absolute atomic E-state index is 11.9. The number of carboxylic acids is 1. The van der Waals surface area contributed by atoms with Gasteiger partial charge in [0.1, 0.15) is 6.04 Å². The lowest BCUT2D eigenvalue weighted by atomic mass is 10.1. The van der Waals surface area contributed by atoms with Crippen LogP contribution in [0.1, 0.15) is 32.6 Å². The van der Waals surface area contributed by atoms with Gasteiger partial charge in [-0.2, -0.15) is 13.2 Å². The second-order valence-corrected chi connectivity index (χ2v) is 3.36. The van der Waals surface area contributed by atoms with Gasteiger partial charge in [0.2, 0.25) is 0 Å². The van der Waals surface area contributed by atoms with Crippen LogP contribution in [0, 0.1) is 0 Å². The van der Waals surface area contributed by atoms with Gasteiger partial charge in [-0.05, 0) is 6.42 Å². The molecular weight excluding hydrogens is 227 g/mol. The maximum atomic E-state index is 11.9. The minimum atomic E-state index is -5.04. The Bertz CT molecular complexity index is 253. The predicted molar refractivity (Wildman–Crippen MR) is 49.8 cm³/mol. The van der Waals surface area contributed by atoms with E-state index < -0.39 is 24.1 Å². The van der Waals surface area contributed by atoms with Gasteiger partial charge < -0.3 is 10.4 Å². The fourth-order valence-electron chi connectivity index (χ4n) is 1.10. The van der Waals surface area contributed by atoms with Crippen molar-refractivity contribution in [3.63, 3.8) is 0 Å². The van der Waals surface area contributed by atoms with Crippen LogP contribution in [0.4, 0.5) is 13.2 Å². The molecule has 0 bridgehead atoms. The zero-order valence-electron chi connectivity index (χ0n) is 8.80. The number of carbonyl (C=O) groups is 2. The maximum Gasteiger partial charge on any atom is 0.471 e. The third kappa shape index (κ3) is 5.57. The second kappa shape index (κ2) is 6.34. The molecule has 0 aromatic heterocycles. The third-order valence-corrected chi connectivity index (χ3v) is 1.96. The lowest BCUT2D eigenvalue weighted by molar-refractivity contribution is -0.175. The van der Waals surface area contributed by atoms with Gasteiger partial charge >= 0.3 is 18.1 Å². The van der Waals surface area contributed by atoms with E-state index in [2.05, 4.69) is 0 Å². The first-order valence-corrected chi connectivity index (χ1v) is 4.89. The molecule has 1 atom stereocenters. The van der Waals surface area contributed by atoms with Crippen molar-refractivity contribution in [2.24, 2.45) is 0 Å². The summed E-state index contributed by atoms with van der Waals surface area (Å²) in [7, 11) is 0. The van der Waals surface area contributed by atoms with E-state index in [-0.39, 0.29) is 6.42 Å². The first-order chi connectivity index (χ1) is 7.29. The van der Waals surface area contributed by atoms with E-state index in [0.29, 0.717) is 12.8 Å². The van der Waals surface area contributed by atoms with Gasteiger partial charge in [-0.3, -0.25) is 4.79 Å². The molecule has 0 radical (unpaired) electrons. The molecule has 0 aliphatic rings. The zero-order chi connectivity index (χ0) is 12.8. The van der Waals surface area contributed by atoms with Crippen LogP contribution in [-0.4, -0.2) is 29.2 Å². The SMILES string of the molecule is CCCCCC(NC(=O)C(F)(F)F)C(=O)O. The first kappa shape index (κ1) is 14.7. The standard InChI is InChI=1S/C9H14F3NO3/c1-2-3-4-5-6(7(14)15)13-8(16)9(10,11)12/h6H,2-5H2,1H3,(H,13,16)(H,14,15). The number of nitrogens with one attached hydrogen (secondary N) is 1. The van der Waals surface area contributed by atoms with Crippen LogP contribution >= 0.6 is 0 Å². The van der Waals surface area contributed by atoms with Gasteiger partial charge in [0.05, 0.1) is 0 Å². The Balaban J connectivity index is 4.24. The number of alkyl halides is 3.